The minimum Gasteiger partial charge on any atom is -0.438 e. The molecular weight excluding hydrogens is 296 g/mol. The maximum Gasteiger partial charge on any atom is 0.289 e. The van der Waals surface area contributed by atoms with E-state index < -0.39 is 0 Å². The standard InChI is InChI=1S/C13H13BrN2O2/c1-8(10-3-5-11(14)6-4-10)16-13(17)12-9(2)15-7-18-12/h3-8H,1-2H3,(H,16,17). The molecule has 5 heteroatoms. The topological polar surface area (TPSA) is 55.1 Å². The number of nitrogens with zero attached hydrogens (tertiary/aromatic N) is 1. The van der Waals surface area contributed by atoms with Crippen LogP contribution in [0, 0.1) is 6.92 Å². The molecule has 1 unspecified atom stereocenters. The summed E-state index contributed by atoms with van der Waals surface area (Å²) in [5.74, 6) is 0.0133. The number of amides is 1. The van der Waals surface area contributed by atoms with Gasteiger partial charge in [0.05, 0.1) is 11.7 Å². The summed E-state index contributed by atoms with van der Waals surface area (Å²) in [5, 5.41) is 2.87. The molecule has 4 nitrogen and oxygen atoms in total. The first-order valence-corrected chi connectivity index (χ1v) is 6.33. The van der Waals surface area contributed by atoms with Gasteiger partial charge in [-0.25, -0.2) is 4.98 Å². The van der Waals surface area contributed by atoms with Crippen molar-refractivity contribution < 1.29 is 9.21 Å². The molecule has 0 aliphatic carbocycles. The first-order chi connectivity index (χ1) is 8.58. The molecule has 18 heavy (non-hydrogen) atoms. The Morgan fingerprint density at radius 1 is 1.39 bits per heavy atom. The van der Waals surface area contributed by atoms with Gasteiger partial charge >= 0.3 is 0 Å². The molecule has 0 bridgehead atoms. The largest absolute Gasteiger partial charge is 0.438 e. The molecule has 94 valence electrons. The number of benzene rings is 1. The van der Waals surface area contributed by atoms with Gasteiger partial charge in [-0.05, 0) is 31.5 Å². The molecule has 1 N–H and O–H groups in total. The minimum absolute atomic E-state index is 0.0879. The summed E-state index contributed by atoms with van der Waals surface area (Å²) in [6.07, 6.45) is 1.27. The number of carbonyl (C=O) groups excluding carboxylic acids is 1. The van der Waals surface area contributed by atoms with Crippen molar-refractivity contribution in [3.05, 3.63) is 52.1 Å². The van der Waals surface area contributed by atoms with Crippen LogP contribution in [0.4, 0.5) is 0 Å². The van der Waals surface area contributed by atoms with Crippen LogP contribution in [0.2, 0.25) is 0 Å². The predicted molar refractivity (Wildman–Crippen MR) is 71.3 cm³/mol. The molecule has 0 radical (unpaired) electrons. The van der Waals surface area contributed by atoms with Crippen LogP contribution < -0.4 is 5.32 Å². The molecule has 0 aliphatic heterocycles. The van der Waals surface area contributed by atoms with Gasteiger partial charge in [0.15, 0.2) is 6.39 Å². The lowest BCUT2D eigenvalue weighted by Crippen LogP contribution is -2.26. The van der Waals surface area contributed by atoms with Gasteiger partial charge in [-0.2, -0.15) is 0 Å². The van der Waals surface area contributed by atoms with E-state index in [1.807, 2.05) is 31.2 Å². The predicted octanol–water partition coefficient (Wildman–Crippen LogP) is 3.24. The SMILES string of the molecule is Cc1ncoc1C(=O)NC(C)c1ccc(Br)cc1. The van der Waals surface area contributed by atoms with Crippen molar-refractivity contribution in [1.82, 2.24) is 10.3 Å². The Hall–Kier alpha value is -1.62. The van der Waals surface area contributed by atoms with E-state index in [2.05, 4.69) is 26.2 Å². The Morgan fingerprint density at radius 2 is 2.06 bits per heavy atom. The van der Waals surface area contributed by atoms with E-state index in [1.165, 1.54) is 6.39 Å². The van der Waals surface area contributed by atoms with Crippen LogP contribution in [0.1, 0.15) is 34.8 Å². The molecule has 0 spiro atoms. The lowest BCUT2D eigenvalue weighted by atomic mass is 10.1. The van der Waals surface area contributed by atoms with E-state index in [4.69, 9.17) is 4.42 Å². The number of carbonyl (C=O) groups is 1. The summed E-state index contributed by atoms with van der Waals surface area (Å²) in [7, 11) is 0. The van der Waals surface area contributed by atoms with Crippen molar-refractivity contribution in [2.75, 3.05) is 0 Å². The van der Waals surface area contributed by atoms with Crippen molar-refractivity contribution in [3.8, 4) is 0 Å². The zero-order valence-electron chi connectivity index (χ0n) is 10.1. The Morgan fingerprint density at radius 3 is 2.61 bits per heavy atom. The van der Waals surface area contributed by atoms with Crippen molar-refractivity contribution in [2.45, 2.75) is 19.9 Å². The van der Waals surface area contributed by atoms with E-state index in [0.29, 0.717) is 5.69 Å². The van der Waals surface area contributed by atoms with Crippen molar-refractivity contribution in [3.63, 3.8) is 0 Å². The third kappa shape index (κ3) is 2.79. The molecule has 1 heterocycles. The van der Waals surface area contributed by atoms with Crippen molar-refractivity contribution >= 4 is 21.8 Å². The maximum absolute atomic E-state index is 11.9. The van der Waals surface area contributed by atoms with Gasteiger partial charge in [-0.3, -0.25) is 4.79 Å². The average molecular weight is 309 g/mol. The maximum atomic E-state index is 11.9. The third-order valence-corrected chi connectivity index (χ3v) is 3.20. The van der Waals surface area contributed by atoms with Crippen LogP contribution in [-0.2, 0) is 0 Å². The summed E-state index contributed by atoms with van der Waals surface area (Å²) in [4.78, 5) is 15.8. The number of aromatic nitrogens is 1. The molecule has 0 fully saturated rings. The number of oxazole rings is 1. The van der Waals surface area contributed by atoms with E-state index in [-0.39, 0.29) is 17.7 Å². The van der Waals surface area contributed by atoms with E-state index >= 15 is 0 Å². The van der Waals surface area contributed by atoms with Gasteiger partial charge in [0, 0.05) is 4.47 Å². The Balaban J connectivity index is 2.08. The Kier molecular flexibility index (Phi) is 3.81. The number of halogens is 1. The number of rotatable bonds is 3. The smallest absolute Gasteiger partial charge is 0.289 e. The van der Waals surface area contributed by atoms with Gasteiger partial charge < -0.3 is 9.73 Å². The summed E-state index contributed by atoms with van der Waals surface area (Å²) >= 11 is 3.38. The summed E-state index contributed by atoms with van der Waals surface area (Å²) < 4.78 is 6.06. The molecule has 1 aromatic heterocycles. The highest BCUT2D eigenvalue weighted by atomic mass is 79.9. The molecule has 0 aliphatic rings. The molecule has 0 saturated heterocycles. The summed E-state index contributed by atoms with van der Waals surface area (Å²) in [6, 6.07) is 7.72. The van der Waals surface area contributed by atoms with Gasteiger partial charge in [0.2, 0.25) is 5.76 Å². The molecule has 2 aromatic rings. The minimum atomic E-state index is -0.250. The van der Waals surface area contributed by atoms with Crippen LogP contribution >= 0.6 is 15.9 Å². The van der Waals surface area contributed by atoms with Crippen molar-refractivity contribution in [1.29, 1.82) is 0 Å². The van der Waals surface area contributed by atoms with Crippen molar-refractivity contribution in [2.24, 2.45) is 0 Å². The fraction of sp³-hybridized carbons (Fsp3) is 0.231. The first-order valence-electron chi connectivity index (χ1n) is 5.54. The van der Waals surface area contributed by atoms with Crippen LogP contribution in [0.3, 0.4) is 0 Å². The highest BCUT2D eigenvalue weighted by Gasteiger charge is 2.16. The Bertz CT molecular complexity index is 548. The quantitative estimate of drug-likeness (QED) is 0.947. The lowest BCUT2D eigenvalue weighted by molar-refractivity contribution is 0.0911. The van der Waals surface area contributed by atoms with Crippen LogP contribution in [0.25, 0.3) is 0 Å². The number of hydrogen-bond acceptors (Lipinski definition) is 3. The van der Waals surface area contributed by atoms with Gasteiger partial charge in [-0.1, -0.05) is 28.1 Å². The van der Waals surface area contributed by atoms with Gasteiger partial charge in [0.25, 0.3) is 5.91 Å². The average Bonchev–Trinajstić information content (AvgIpc) is 2.76. The molecule has 2 rings (SSSR count). The number of nitrogens with one attached hydrogen (secondary N) is 1. The van der Waals surface area contributed by atoms with Crippen LogP contribution in [0.15, 0.2) is 39.5 Å². The van der Waals surface area contributed by atoms with E-state index in [1.54, 1.807) is 6.92 Å². The monoisotopic (exact) mass is 308 g/mol. The summed E-state index contributed by atoms with van der Waals surface area (Å²) in [5.41, 5.74) is 1.62. The van der Waals surface area contributed by atoms with E-state index in [9.17, 15) is 4.79 Å². The molecular formula is C13H13BrN2O2. The Labute approximate surface area is 114 Å². The first kappa shape index (κ1) is 12.8. The third-order valence-electron chi connectivity index (χ3n) is 2.67. The zero-order chi connectivity index (χ0) is 13.1. The van der Waals surface area contributed by atoms with E-state index in [0.717, 1.165) is 10.0 Å². The highest BCUT2D eigenvalue weighted by Crippen LogP contribution is 2.17. The zero-order valence-corrected chi connectivity index (χ0v) is 11.7. The molecule has 1 amide bonds. The van der Waals surface area contributed by atoms with Gasteiger partial charge in [-0.15, -0.1) is 0 Å². The second-order valence-corrected chi connectivity index (χ2v) is 4.93. The molecule has 1 atom stereocenters. The fourth-order valence-corrected chi connectivity index (χ4v) is 1.88. The number of hydrogen-bond donors (Lipinski definition) is 1. The number of aryl methyl sites for hydroxylation is 1. The van der Waals surface area contributed by atoms with Gasteiger partial charge in [0.1, 0.15) is 0 Å². The second-order valence-electron chi connectivity index (χ2n) is 4.01. The highest BCUT2D eigenvalue weighted by molar-refractivity contribution is 9.10. The van der Waals surface area contributed by atoms with Crippen LogP contribution in [0.5, 0.6) is 0 Å². The molecule has 1 aromatic carbocycles. The normalized spacial score (nSPS) is 12.2. The van der Waals surface area contributed by atoms with Crippen LogP contribution in [-0.4, -0.2) is 10.9 Å². The second kappa shape index (κ2) is 5.35. The fourth-order valence-electron chi connectivity index (χ4n) is 1.62. The molecule has 0 saturated carbocycles. The summed E-state index contributed by atoms with van der Waals surface area (Å²) in [6.45, 7) is 3.66. The lowest BCUT2D eigenvalue weighted by Gasteiger charge is -2.13.